The van der Waals surface area contributed by atoms with Gasteiger partial charge < -0.3 is 14.8 Å². The first kappa shape index (κ1) is 8.73. The first-order chi connectivity index (χ1) is 5.65. The zero-order chi connectivity index (χ0) is 9.14. The van der Waals surface area contributed by atoms with Crippen molar-refractivity contribution in [2.75, 3.05) is 0 Å². The molecular formula is C7H10N2O3. The summed E-state index contributed by atoms with van der Waals surface area (Å²) in [6.07, 6.45) is 1.41. The maximum Gasteiger partial charge on any atom is 0.323 e. The summed E-state index contributed by atoms with van der Waals surface area (Å²) in [6.45, 7) is 1.39. The van der Waals surface area contributed by atoms with Crippen LogP contribution in [-0.4, -0.2) is 25.7 Å². The Morgan fingerprint density at radius 1 is 1.75 bits per heavy atom. The number of hydrogen-bond acceptors (Lipinski definition) is 3. The minimum atomic E-state index is -0.942. The van der Waals surface area contributed by atoms with Crippen molar-refractivity contribution in [2.24, 2.45) is 0 Å². The number of aromatic nitrogens is 2. The molecule has 2 N–H and O–H groups in total. The summed E-state index contributed by atoms with van der Waals surface area (Å²) in [6, 6.07) is 0. The molecule has 12 heavy (non-hydrogen) atoms. The summed E-state index contributed by atoms with van der Waals surface area (Å²) in [5.41, 5.74) is 1.22. The Hall–Kier alpha value is -1.36. The number of aliphatic hydroxyl groups excluding tert-OH is 1. The van der Waals surface area contributed by atoms with Crippen LogP contribution in [0.2, 0.25) is 0 Å². The number of carboxylic acid groups (broad SMARTS) is 1. The van der Waals surface area contributed by atoms with Gasteiger partial charge in [-0.3, -0.25) is 4.79 Å². The molecule has 1 rings (SSSR count). The molecule has 0 saturated heterocycles. The van der Waals surface area contributed by atoms with Crippen molar-refractivity contribution in [1.82, 2.24) is 9.55 Å². The SMILES string of the molecule is Cc1ncn(CC(=O)O)c1CO. The number of rotatable bonds is 3. The highest BCUT2D eigenvalue weighted by atomic mass is 16.4. The van der Waals surface area contributed by atoms with E-state index in [0.29, 0.717) is 11.4 Å². The highest BCUT2D eigenvalue weighted by Gasteiger charge is 2.07. The topological polar surface area (TPSA) is 75.4 Å². The van der Waals surface area contributed by atoms with Gasteiger partial charge in [0.2, 0.25) is 0 Å². The first-order valence-corrected chi connectivity index (χ1v) is 3.48. The van der Waals surface area contributed by atoms with Gasteiger partial charge in [0.15, 0.2) is 0 Å². The second kappa shape index (κ2) is 3.36. The van der Waals surface area contributed by atoms with Gasteiger partial charge in [0.1, 0.15) is 6.54 Å². The van der Waals surface area contributed by atoms with Gasteiger partial charge in [-0.15, -0.1) is 0 Å². The van der Waals surface area contributed by atoms with Gasteiger partial charge in [0.25, 0.3) is 0 Å². The molecule has 0 radical (unpaired) electrons. The maximum atomic E-state index is 10.3. The van der Waals surface area contributed by atoms with E-state index in [1.807, 2.05) is 0 Å². The molecule has 1 heterocycles. The minimum Gasteiger partial charge on any atom is -0.480 e. The standard InChI is InChI=1S/C7H10N2O3/c1-5-6(3-10)9(4-8-5)2-7(11)12/h4,10H,2-3H2,1H3,(H,11,12). The van der Waals surface area contributed by atoms with Crippen LogP contribution in [0.15, 0.2) is 6.33 Å². The summed E-state index contributed by atoms with van der Waals surface area (Å²) < 4.78 is 1.41. The zero-order valence-electron chi connectivity index (χ0n) is 6.69. The molecule has 0 amide bonds. The molecule has 0 bridgehead atoms. The van der Waals surface area contributed by atoms with Crippen LogP contribution >= 0.6 is 0 Å². The van der Waals surface area contributed by atoms with Crippen LogP contribution in [0, 0.1) is 6.92 Å². The second-order valence-corrected chi connectivity index (χ2v) is 2.46. The lowest BCUT2D eigenvalue weighted by Gasteiger charge is -2.01. The van der Waals surface area contributed by atoms with Gasteiger partial charge >= 0.3 is 5.97 Å². The van der Waals surface area contributed by atoms with E-state index < -0.39 is 5.97 Å². The normalized spacial score (nSPS) is 10.2. The van der Waals surface area contributed by atoms with Crippen LogP contribution < -0.4 is 0 Å². The highest BCUT2D eigenvalue weighted by molar-refractivity contribution is 5.66. The number of imidazole rings is 1. The fraction of sp³-hybridized carbons (Fsp3) is 0.429. The molecule has 0 atom stereocenters. The van der Waals surface area contributed by atoms with E-state index in [4.69, 9.17) is 10.2 Å². The molecular weight excluding hydrogens is 160 g/mol. The third kappa shape index (κ3) is 1.62. The lowest BCUT2D eigenvalue weighted by atomic mass is 10.3. The second-order valence-electron chi connectivity index (χ2n) is 2.46. The minimum absolute atomic E-state index is 0.156. The number of nitrogens with zero attached hydrogens (tertiary/aromatic N) is 2. The molecule has 0 aliphatic carbocycles. The van der Waals surface area contributed by atoms with Gasteiger partial charge in [-0.1, -0.05) is 0 Å². The van der Waals surface area contributed by atoms with Crippen molar-refractivity contribution in [3.63, 3.8) is 0 Å². The third-order valence-electron chi connectivity index (χ3n) is 1.61. The van der Waals surface area contributed by atoms with Crippen LogP contribution in [0.4, 0.5) is 0 Å². The molecule has 0 spiro atoms. The molecule has 1 aromatic heterocycles. The van der Waals surface area contributed by atoms with E-state index in [9.17, 15) is 4.79 Å². The first-order valence-electron chi connectivity index (χ1n) is 3.48. The number of aliphatic carboxylic acids is 1. The number of aryl methyl sites for hydroxylation is 1. The van der Waals surface area contributed by atoms with Gasteiger partial charge in [0, 0.05) is 0 Å². The molecule has 0 fully saturated rings. The van der Waals surface area contributed by atoms with E-state index in [1.165, 1.54) is 10.9 Å². The van der Waals surface area contributed by atoms with Crippen molar-refractivity contribution in [2.45, 2.75) is 20.1 Å². The number of aliphatic hydroxyl groups is 1. The molecule has 0 aliphatic heterocycles. The fourth-order valence-corrected chi connectivity index (χ4v) is 0.996. The van der Waals surface area contributed by atoms with Crippen molar-refractivity contribution in [3.8, 4) is 0 Å². The van der Waals surface area contributed by atoms with Crippen molar-refractivity contribution >= 4 is 5.97 Å². The highest BCUT2D eigenvalue weighted by Crippen LogP contribution is 2.05. The maximum absolute atomic E-state index is 10.3. The Morgan fingerprint density at radius 2 is 2.42 bits per heavy atom. The van der Waals surface area contributed by atoms with E-state index in [-0.39, 0.29) is 13.2 Å². The van der Waals surface area contributed by atoms with Gasteiger partial charge in [-0.2, -0.15) is 0 Å². The number of carbonyl (C=O) groups is 1. The molecule has 0 saturated carbocycles. The summed E-state index contributed by atoms with van der Waals surface area (Å²) in [5.74, 6) is -0.942. The van der Waals surface area contributed by atoms with Crippen molar-refractivity contribution in [3.05, 3.63) is 17.7 Å². The summed E-state index contributed by atoms with van der Waals surface area (Å²) in [7, 11) is 0. The van der Waals surface area contributed by atoms with Crippen LogP contribution in [0.1, 0.15) is 11.4 Å². The largest absolute Gasteiger partial charge is 0.480 e. The van der Waals surface area contributed by atoms with Crippen LogP contribution in [0.3, 0.4) is 0 Å². The Balaban J connectivity index is 2.91. The van der Waals surface area contributed by atoms with Crippen molar-refractivity contribution < 1.29 is 15.0 Å². The monoisotopic (exact) mass is 170 g/mol. The quantitative estimate of drug-likeness (QED) is 0.657. The Kier molecular flexibility index (Phi) is 2.44. The molecule has 1 aromatic rings. The average molecular weight is 170 g/mol. The average Bonchev–Trinajstić information content (AvgIpc) is 2.30. The van der Waals surface area contributed by atoms with Crippen LogP contribution in [0.5, 0.6) is 0 Å². The van der Waals surface area contributed by atoms with E-state index in [2.05, 4.69) is 4.98 Å². The Morgan fingerprint density at radius 3 is 2.92 bits per heavy atom. The predicted octanol–water partition coefficient (Wildman–Crippen LogP) is -0.232. The van der Waals surface area contributed by atoms with Gasteiger partial charge in [-0.25, -0.2) is 4.98 Å². The molecule has 0 unspecified atom stereocenters. The zero-order valence-corrected chi connectivity index (χ0v) is 6.69. The molecule has 5 heteroatoms. The third-order valence-corrected chi connectivity index (χ3v) is 1.61. The summed E-state index contributed by atoms with van der Waals surface area (Å²) in [4.78, 5) is 14.2. The predicted molar refractivity (Wildman–Crippen MR) is 40.5 cm³/mol. The fourth-order valence-electron chi connectivity index (χ4n) is 0.996. The van der Waals surface area contributed by atoms with E-state index in [0.717, 1.165) is 0 Å². The molecule has 0 aliphatic rings. The van der Waals surface area contributed by atoms with E-state index >= 15 is 0 Å². The van der Waals surface area contributed by atoms with Crippen molar-refractivity contribution in [1.29, 1.82) is 0 Å². The summed E-state index contributed by atoms with van der Waals surface area (Å²) >= 11 is 0. The van der Waals surface area contributed by atoms with E-state index in [1.54, 1.807) is 6.92 Å². The van der Waals surface area contributed by atoms with Crippen LogP contribution in [-0.2, 0) is 17.9 Å². The van der Waals surface area contributed by atoms with Gasteiger partial charge in [0.05, 0.1) is 24.3 Å². The molecule has 5 nitrogen and oxygen atoms in total. The number of carboxylic acids is 1. The number of hydrogen-bond donors (Lipinski definition) is 2. The van der Waals surface area contributed by atoms with Gasteiger partial charge in [-0.05, 0) is 6.92 Å². The molecule has 66 valence electrons. The Labute approximate surface area is 69.3 Å². The Bertz CT molecular complexity index is 293. The lowest BCUT2D eigenvalue weighted by molar-refractivity contribution is -0.137. The summed E-state index contributed by atoms with van der Waals surface area (Å²) in [5, 5.41) is 17.3. The molecule has 0 aromatic carbocycles. The van der Waals surface area contributed by atoms with Crippen LogP contribution in [0.25, 0.3) is 0 Å². The lowest BCUT2D eigenvalue weighted by Crippen LogP contribution is -2.10. The smallest absolute Gasteiger partial charge is 0.323 e.